The number of anilines is 1. The Kier molecular flexibility index (Phi) is 4.71. The molecule has 100 valence electrons. The SMILES string of the molecule is O=C(O)Cc1csc(NC(=O)c2cc(Br)c(Br)s2)n1. The van der Waals surface area contributed by atoms with Gasteiger partial charge < -0.3 is 5.11 Å². The van der Waals surface area contributed by atoms with Gasteiger partial charge in [0.15, 0.2) is 5.13 Å². The number of nitrogens with one attached hydrogen (secondary N) is 1. The van der Waals surface area contributed by atoms with Crippen LogP contribution in [0.15, 0.2) is 19.7 Å². The van der Waals surface area contributed by atoms with Gasteiger partial charge in [0, 0.05) is 9.85 Å². The molecule has 0 aliphatic carbocycles. The number of thiazole rings is 1. The molecule has 9 heteroatoms. The Labute approximate surface area is 132 Å². The van der Waals surface area contributed by atoms with Gasteiger partial charge in [-0.05, 0) is 37.9 Å². The third kappa shape index (κ3) is 3.85. The number of carbonyl (C=O) groups is 2. The van der Waals surface area contributed by atoms with E-state index in [1.165, 1.54) is 22.7 Å². The van der Waals surface area contributed by atoms with Crippen LogP contribution in [0, 0.1) is 0 Å². The third-order valence-electron chi connectivity index (χ3n) is 1.97. The molecule has 2 N–H and O–H groups in total. The van der Waals surface area contributed by atoms with Gasteiger partial charge >= 0.3 is 5.97 Å². The van der Waals surface area contributed by atoms with Gasteiger partial charge in [-0.3, -0.25) is 14.9 Å². The van der Waals surface area contributed by atoms with Crippen molar-refractivity contribution in [1.82, 2.24) is 4.98 Å². The molecule has 0 spiro atoms. The molecule has 0 saturated carbocycles. The summed E-state index contributed by atoms with van der Waals surface area (Å²) in [5.74, 6) is -1.22. The van der Waals surface area contributed by atoms with E-state index in [1.807, 2.05) is 0 Å². The number of rotatable bonds is 4. The maximum absolute atomic E-state index is 11.9. The van der Waals surface area contributed by atoms with Crippen LogP contribution >= 0.6 is 54.5 Å². The highest BCUT2D eigenvalue weighted by Gasteiger charge is 2.14. The highest BCUT2D eigenvalue weighted by molar-refractivity contribution is 9.13. The third-order valence-corrected chi connectivity index (χ3v) is 6.04. The molecule has 2 aromatic heterocycles. The molecule has 0 saturated heterocycles. The number of hydrogen-bond donors (Lipinski definition) is 2. The van der Waals surface area contributed by atoms with Crippen molar-refractivity contribution < 1.29 is 14.7 Å². The summed E-state index contributed by atoms with van der Waals surface area (Å²) in [6.45, 7) is 0. The van der Waals surface area contributed by atoms with Crippen molar-refractivity contribution in [3.8, 4) is 0 Å². The van der Waals surface area contributed by atoms with Crippen molar-refractivity contribution >= 4 is 71.5 Å². The van der Waals surface area contributed by atoms with Gasteiger partial charge in [-0.1, -0.05) is 0 Å². The zero-order valence-corrected chi connectivity index (χ0v) is 14.0. The van der Waals surface area contributed by atoms with Crippen molar-refractivity contribution in [2.24, 2.45) is 0 Å². The average molecular weight is 426 g/mol. The zero-order valence-electron chi connectivity index (χ0n) is 9.15. The molecule has 1 amide bonds. The van der Waals surface area contributed by atoms with Crippen molar-refractivity contribution in [2.45, 2.75) is 6.42 Å². The number of hydrogen-bond acceptors (Lipinski definition) is 5. The zero-order chi connectivity index (χ0) is 14.0. The number of nitrogens with zero attached hydrogens (tertiary/aromatic N) is 1. The van der Waals surface area contributed by atoms with Crippen LogP contribution in [0.3, 0.4) is 0 Å². The highest BCUT2D eigenvalue weighted by atomic mass is 79.9. The smallest absolute Gasteiger partial charge is 0.309 e. The fourth-order valence-electron chi connectivity index (χ4n) is 1.22. The Hall–Kier alpha value is -0.770. The van der Waals surface area contributed by atoms with E-state index >= 15 is 0 Å². The summed E-state index contributed by atoms with van der Waals surface area (Å²) in [5.41, 5.74) is 0.432. The second-order valence-electron chi connectivity index (χ2n) is 3.40. The van der Waals surface area contributed by atoms with Crippen LogP contribution in [-0.2, 0) is 11.2 Å². The summed E-state index contributed by atoms with van der Waals surface area (Å²) < 4.78 is 1.65. The van der Waals surface area contributed by atoms with E-state index in [4.69, 9.17) is 5.11 Å². The molecule has 0 aliphatic heterocycles. The quantitative estimate of drug-likeness (QED) is 0.784. The summed E-state index contributed by atoms with van der Waals surface area (Å²) >= 11 is 9.12. The molecule has 0 unspecified atom stereocenters. The Morgan fingerprint density at radius 2 is 2.16 bits per heavy atom. The van der Waals surface area contributed by atoms with E-state index in [1.54, 1.807) is 11.4 Å². The Balaban J connectivity index is 2.06. The predicted octanol–water partition coefficient (Wildman–Crippen LogP) is 3.61. The first-order chi connectivity index (χ1) is 8.95. The second kappa shape index (κ2) is 6.12. The number of thiophene rings is 1. The molecular formula is C10H6Br2N2O3S2. The highest BCUT2D eigenvalue weighted by Crippen LogP contribution is 2.32. The first-order valence-corrected chi connectivity index (χ1v) is 8.16. The monoisotopic (exact) mass is 424 g/mol. The van der Waals surface area contributed by atoms with E-state index in [0.717, 1.165) is 8.26 Å². The standard InChI is InChI=1S/C10H6Br2N2O3S2/c11-5-2-6(19-8(5)12)9(17)14-10-13-4(3-18-10)1-7(15)16/h2-3H,1H2,(H,15,16)(H,13,14,17). The van der Waals surface area contributed by atoms with Gasteiger partial charge in [0.2, 0.25) is 0 Å². The van der Waals surface area contributed by atoms with Crippen LogP contribution in [0.2, 0.25) is 0 Å². The van der Waals surface area contributed by atoms with Crippen LogP contribution < -0.4 is 5.32 Å². The number of amides is 1. The maximum Gasteiger partial charge on any atom is 0.309 e. The van der Waals surface area contributed by atoms with Gasteiger partial charge in [-0.15, -0.1) is 22.7 Å². The molecule has 0 aliphatic rings. The van der Waals surface area contributed by atoms with Crippen LogP contribution in [0.4, 0.5) is 5.13 Å². The van der Waals surface area contributed by atoms with Crippen LogP contribution in [0.1, 0.15) is 15.4 Å². The number of carboxylic acid groups (broad SMARTS) is 1. The predicted molar refractivity (Wildman–Crippen MR) is 81.1 cm³/mol. The first kappa shape index (κ1) is 14.6. The summed E-state index contributed by atoms with van der Waals surface area (Å²) in [6.07, 6.45) is -0.150. The van der Waals surface area contributed by atoms with E-state index in [-0.39, 0.29) is 12.3 Å². The van der Waals surface area contributed by atoms with Crippen molar-refractivity contribution in [2.75, 3.05) is 5.32 Å². The average Bonchev–Trinajstić information content (AvgIpc) is 2.86. The molecule has 0 bridgehead atoms. The Morgan fingerprint density at radius 3 is 2.74 bits per heavy atom. The Bertz CT molecular complexity index is 619. The van der Waals surface area contributed by atoms with Crippen molar-refractivity contribution in [1.29, 1.82) is 0 Å². The lowest BCUT2D eigenvalue weighted by molar-refractivity contribution is -0.136. The summed E-state index contributed by atoms with van der Waals surface area (Å²) in [4.78, 5) is 27.0. The van der Waals surface area contributed by atoms with Crippen LogP contribution in [-0.4, -0.2) is 22.0 Å². The molecule has 0 radical (unpaired) electrons. The first-order valence-electron chi connectivity index (χ1n) is 4.88. The minimum Gasteiger partial charge on any atom is -0.481 e. The molecule has 5 nitrogen and oxygen atoms in total. The topological polar surface area (TPSA) is 79.3 Å². The number of halogens is 2. The normalized spacial score (nSPS) is 10.4. The number of aromatic nitrogens is 1. The lowest BCUT2D eigenvalue weighted by Crippen LogP contribution is -2.10. The molecule has 2 aromatic rings. The number of aliphatic carboxylic acids is 1. The van der Waals surface area contributed by atoms with Gasteiger partial charge in [0.25, 0.3) is 5.91 Å². The fourth-order valence-corrected chi connectivity index (χ4v) is 3.85. The molecule has 2 rings (SSSR count). The van der Waals surface area contributed by atoms with Crippen LogP contribution in [0.25, 0.3) is 0 Å². The summed E-state index contributed by atoms with van der Waals surface area (Å²) in [6, 6.07) is 1.70. The minimum absolute atomic E-state index is 0.150. The van der Waals surface area contributed by atoms with Gasteiger partial charge in [0.05, 0.1) is 20.8 Å². The number of carbonyl (C=O) groups excluding carboxylic acids is 1. The Morgan fingerprint density at radius 1 is 1.42 bits per heavy atom. The second-order valence-corrected chi connectivity index (χ2v) is 7.48. The van der Waals surface area contributed by atoms with Gasteiger partial charge in [-0.25, -0.2) is 4.98 Å². The number of carboxylic acids is 1. The van der Waals surface area contributed by atoms with E-state index in [0.29, 0.717) is 15.7 Å². The lowest BCUT2D eigenvalue weighted by atomic mass is 10.3. The largest absolute Gasteiger partial charge is 0.481 e. The van der Waals surface area contributed by atoms with Gasteiger partial charge in [-0.2, -0.15) is 0 Å². The molecule has 0 fully saturated rings. The minimum atomic E-state index is -0.950. The van der Waals surface area contributed by atoms with E-state index in [9.17, 15) is 9.59 Å². The fraction of sp³-hybridized carbons (Fsp3) is 0.100. The molecule has 0 aromatic carbocycles. The summed E-state index contributed by atoms with van der Waals surface area (Å²) in [5, 5.41) is 13.3. The van der Waals surface area contributed by atoms with E-state index in [2.05, 4.69) is 42.2 Å². The maximum atomic E-state index is 11.9. The van der Waals surface area contributed by atoms with E-state index < -0.39 is 5.97 Å². The van der Waals surface area contributed by atoms with Gasteiger partial charge in [0.1, 0.15) is 0 Å². The van der Waals surface area contributed by atoms with Crippen molar-refractivity contribution in [3.05, 3.63) is 30.3 Å². The van der Waals surface area contributed by atoms with Crippen LogP contribution in [0.5, 0.6) is 0 Å². The lowest BCUT2D eigenvalue weighted by Gasteiger charge is -1.97. The summed E-state index contributed by atoms with van der Waals surface area (Å²) in [7, 11) is 0. The molecular weight excluding hydrogens is 420 g/mol. The van der Waals surface area contributed by atoms with Crippen molar-refractivity contribution in [3.63, 3.8) is 0 Å². The molecule has 0 atom stereocenters. The molecule has 19 heavy (non-hydrogen) atoms. The molecule has 2 heterocycles.